The second kappa shape index (κ2) is 5.79. The SMILES string of the molecule is CCOc1ccc(COc2nc(=S)[nH]s2)cc1. The normalized spacial score (nSPS) is 10.2. The van der Waals surface area contributed by atoms with Gasteiger partial charge >= 0.3 is 0 Å². The number of aromatic amines is 1. The van der Waals surface area contributed by atoms with E-state index in [2.05, 4.69) is 9.36 Å². The Balaban J connectivity index is 1.92. The molecule has 0 bridgehead atoms. The van der Waals surface area contributed by atoms with E-state index in [4.69, 9.17) is 21.7 Å². The van der Waals surface area contributed by atoms with E-state index in [0.29, 0.717) is 23.2 Å². The number of benzene rings is 1. The van der Waals surface area contributed by atoms with Crippen molar-refractivity contribution in [2.24, 2.45) is 0 Å². The zero-order valence-electron chi connectivity index (χ0n) is 9.30. The number of nitrogens with one attached hydrogen (secondary N) is 1. The molecular weight excluding hydrogens is 256 g/mol. The van der Waals surface area contributed by atoms with Crippen LogP contribution in [0.5, 0.6) is 10.9 Å². The van der Waals surface area contributed by atoms with Crippen molar-refractivity contribution in [3.05, 3.63) is 34.6 Å². The third kappa shape index (κ3) is 3.54. The zero-order valence-corrected chi connectivity index (χ0v) is 10.9. The number of hydrogen-bond donors (Lipinski definition) is 1. The number of rotatable bonds is 5. The highest BCUT2D eigenvalue weighted by atomic mass is 32.1. The second-order valence-electron chi connectivity index (χ2n) is 3.25. The summed E-state index contributed by atoms with van der Waals surface area (Å²) in [6, 6.07) is 7.79. The largest absolute Gasteiger partial charge is 0.494 e. The lowest BCUT2D eigenvalue weighted by Crippen LogP contribution is -1.96. The predicted molar refractivity (Wildman–Crippen MR) is 69.2 cm³/mol. The van der Waals surface area contributed by atoms with Gasteiger partial charge < -0.3 is 9.47 Å². The van der Waals surface area contributed by atoms with E-state index < -0.39 is 0 Å². The van der Waals surface area contributed by atoms with Gasteiger partial charge in [0.05, 0.1) is 6.61 Å². The minimum Gasteiger partial charge on any atom is -0.494 e. The van der Waals surface area contributed by atoms with Crippen LogP contribution in [0.4, 0.5) is 0 Å². The smallest absolute Gasteiger partial charge is 0.292 e. The van der Waals surface area contributed by atoms with Crippen LogP contribution in [0, 0.1) is 4.77 Å². The Morgan fingerprint density at radius 2 is 2.06 bits per heavy atom. The van der Waals surface area contributed by atoms with Crippen LogP contribution in [-0.4, -0.2) is 16.0 Å². The van der Waals surface area contributed by atoms with Crippen molar-refractivity contribution in [1.82, 2.24) is 9.36 Å². The fourth-order valence-electron chi connectivity index (χ4n) is 1.27. The maximum atomic E-state index is 5.48. The number of H-pyrrole nitrogens is 1. The summed E-state index contributed by atoms with van der Waals surface area (Å²) in [5, 5.41) is 0.559. The first kappa shape index (κ1) is 12.1. The van der Waals surface area contributed by atoms with Crippen LogP contribution >= 0.6 is 23.8 Å². The molecular formula is C11H12N2O2S2. The fraction of sp³-hybridized carbons (Fsp3) is 0.273. The molecule has 0 unspecified atom stereocenters. The molecule has 1 heterocycles. The Kier molecular flexibility index (Phi) is 4.11. The quantitative estimate of drug-likeness (QED) is 0.846. The standard InChI is InChI=1S/C11H12N2O2S2/c1-2-14-9-5-3-8(4-6-9)7-15-11-12-10(16)13-17-11/h3-6H,2,7H2,1H3,(H,13,16). The van der Waals surface area contributed by atoms with Crippen LogP contribution in [-0.2, 0) is 6.61 Å². The van der Waals surface area contributed by atoms with Gasteiger partial charge in [0.25, 0.3) is 5.19 Å². The molecule has 4 nitrogen and oxygen atoms in total. The Labute approximate surface area is 108 Å². The summed E-state index contributed by atoms with van der Waals surface area (Å²) in [5.41, 5.74) is 1.06. The molecule has 90 valence electrons. The Morgan fingerprint density at radius 3 is 2.65 bits per heavy atom. The number of hydrogen-bond acceptors (Lipinski definition) is 5. The molecule has 17 heavy (non-hydrogen) atoms. The number of nitrogens with zero attached hydrogens (tertiary/aromatic N) is 1. The summed E-state index contributed by atoms with van der Waals surface area (Å²) in [6.07, 6.45) is 0. The molecule has 0 aliphatic carbocycles. The lowest BCUT2D eigenvalue weighted by atomic mass is 10.2. The van der Waals surface area contributed by atoms with Crippen LogP contribution in [0.15, 0.2) is 24.3 Å². The summed E-state index contributed by atoms with van der Waals surface area (Å²) < 4.78 is 14.1. The van der Waals surface area contributed by atoms with E-state index in [-0.39, 0.29) is 0 Å². The van der Waals surface area contributed by atoms with Gasteiger partial charge in [-0.25, -0.2) is 0 Å². The van der Waals surface area contributed by atoms with E-state index in [1.807, 2.05) is 31.2 Å². The lowest BCUT2D eigenvalue weighted by Gasteiger charge is -2.05. The third-order valence-electron chi connectivity index (χ3n) is 2.02. The summed E-state index contributed by atoms with van der Waals surface area (Å²) in [6.45, 7) is 3.11. The molecule has 0 saturated heterocycles. The average molecular weight is 268 g/mol. The van der Waals surface area contributed by atoms with Crippen molar-refractivity contribution in [2.45, 2.75) is 13.5 Å². The first-order valence-electron chi connectivity index (χ1n) is 5.18. The van der Waals surface area contributed by atoms with Crippen LogP contribution < -0.4 is 9.47 Å². The van der Waals surface area contributed by atoms with E-state index in [1.54, 1.807) is 0 Å². The van der Waals surface area contributed by atoms with E-state index >= 15 is 0 Å². The van der Waals surface area contributed by atoms with Crippen molar-refractivity contribution < 1.29 is 9.47 Å². The maximum absolute atomic E-state index is 5.48. The van der Waals surface area contributed by atoms with Crippen LogP contribution in [0.3, 0.4) is 0 Å². The number of ether oxygens (including phenoxy) is 2. The highest BCUT2D eigenvalue weighted by molar-refractivity contribution is 7.71. The molecule has 1 aromatic carbocycles. The van der Waals surface area contributed by atoms with Crippen molar-refractivity contribution >= 4 is 23.8 Å². The van der Waals surface area contributed by atoms with Crippen molar-refractivity contribution in [2.75, 3.05) is 6.61 Å². The first-order chi connectivity index (χ1) is 8.28. The second-order valence-corrected chi connectivity index (χ2v) is 4.40. The summed E-state index contributed by atoms with van der Waals surface area (Å²) in [7, 11) is 0. The maximum Gasteiger partial charge on any atom is 0.292 e. The van der Waals surface area contributed by atoms with E-state index in [0.717, 1.165) is 11.3 Å². The van der Waals surface area contributed by atoms with Crippen molar-refractivity contribution in [3.8, 4) is 10.9 Å². The van der Waals surface area contributed by atoms with Crippen LogP contribution in [0.25, 0.3) is 0 Å². The molecule has 0 atom stereocenters. The summed E-state index contributed by atoms with van der Waals surface area (Å²) in [4.78, 5) is 4.00. The van der Waals surface area contributed by atoms with Gasteiger partial charge in [0.1, 0.15) is 12.4 Å². The first-order valence-corrected chi connectivity index (χ1v) is 6.40. The predicted octanol–water partition coefficient (Wildman–Crippen LogP) is 3.18. The van der Waals surface area contributed by atoms with Gasteiger partial charge in [0.2, 0.25) is 4.77 Å². The Bertz CT molecular complexity index is 519. The molecule has 0 saturated carbocycles. The molecule has 0 fully saturated rings. The topological polar surface area (TPSA) is 47.1 Å². The molecule has 2 aromatic rings. The molecule has 1 aromatic heterocycles. The Hall–Kier alpha value is -1.40. The summed E-state index contributed by atoms with van der Waals surface area (Å²) in [5.74, 6) is 0.867. The van der Waals surface area contributed by atoms with Gasteiger partial charge in [-0.1, -0.05) is 12.1 Å². The van der Waals surface area contributed by atoms with Crippen molar-refractivity contribution in [1.29, 1.82) is 0 Å². The van der Waals surface area contributed by atoms with Crippen LogP contribution in [0.1, 0.15) is 12.5 Å². The molecule has 0 amide bonds. The van der Waals surface area contributed by atoms with Gasteiger partial charge in [0.15, 0.2) is 0 Å². The molecule has 2 rings (SSSR count). The molecule has 0 aliphatic heterocycles. The Morgan fingerprint density at radius 1 is 1.29 bits per heavy atom. The van der Waals surface area contributed by atoms with Crippen molar-refractivity contribution in [3.63, 3.8) is 0 Å². The highest BCUT2D eigenvalue weighted by Gasteiger charge is 2.00. The average Bonchev–Trinajstić information content (AvgIpc) is 2.75. The zero-order chi connectivity index (χ0) is 12.1. The van der Waals surface area contributed by atoms with Gasteiger partial charge in [0, 0.05) is 0 Å². The molecule has 0 radical (unpaired) electrons. The van der Waals surface area contributed by atoms with Gasteiger partial charge in [-0.3, -0.25) is 4.37 Å². The van der Waals surface area contributed by atoms with E-state index in [1.165, 1.54) is 11.5 Å². The minimum atomic E-state index is 0.455. The fourth-order valence-corrected chi connectivity index (χ4v) is 2.01. The molecule has 1 N–H and O–H groups in total. The third-order valence-corrected chi connectivity index (χ3v) is 3.02. The lowest BCUT2D eigenvalue weighted by molar-refractivity contribution is 0.303. The van der Waals surface area contributed by atoms with Gasteiger partial charge in [-0.2, -0.15) is 4.98 Å². The highest BCUT2D eigenvalue weighted by Crippen LogP contribution is 2.16. The van der Waals surface area contributed by atoms with E-state index in [9.17, 15) is 0 Å². The van der Waals surface area contributed by atoms with Gasteiger partial charge in [-0.05, 0) is 48.4 Å². The molecule has 0 aliphatic rings. The summed E-state index contributed by atoms with van der Waals surface area (Å²) >= 11 is 6.15. The monoisotopic (exact) mass is 268 g/mol. The van der Waals surface area contributed by atoms with Crippen LogP contribution in [0.2, 0.25) is 0 Å². The molecule has 0 spiro atoms. The molecule has 6 heteroatoms. The van der Waals surface area contributed by atoms with Gasteiger partial charge in [-0.15, -0.1) is 0 Å². The number of aromatic nitrogens is 2. The minimum absolute atomic E-state index is 0.455.